The van der Waals surface area contributed by atoms with Crippen LogP contribution in [0.3, 0.4) is 0 Å². The van der Waals surface area contributed by atoms with E-state index in [2.05, 4.69) is 24.1 Å². The van der Waals surface area contributed by atoms with Crippen LogP contribution in [0.4, 0.5) is 10.2 Å². The van der Waals surface area contributed by atoms with Gasteiger partial charge in [-0.25, -0.2) is 9.37 Å². The van der Waals surface area contributed by atoms with Gasteiger partial charge in [0.25, 0.3) is 0 Å². The van der Waals surface area contributed by atoms with Crippen LogP contribution in [0.25, 0.3) is 0 Å². The molecule has 0 radical (unpaired) electrons. The summed E-state index contributed by atoms with van der Waals surface area (Å²) in [7, 11) is 0. The predicted molar refractivity (Wildman–Crippen MR) is 60.3 cm³/mol. The Bertz CT molecular complexity index is 302. The van der Waals surface area contributed by atoms with Crippen LogP contribution < -0.4 is 5.32 Å². The highest BCUT2D eigenvalue weighted by Crippen LogP contribution is 2.21. The lowest BCUT2D eigenvalue weighted by Gasteiger charge is -2.22. The Balaban J connectivity index is 2.58. The molecule has 0 spiro atoms. The first kappa shape index (κ1) is 11.3. The zero-order valence-corrected chi connectivity index (χ0v) is 9.49. The monoisotopic (exact) mass is 214 g/mol. The van der Waals surface area contributed by atoms with Crippen molar-refractivity contribution < 1.29 is 4.39 Å². The molecule has 1 aromatic heterocycles. The fourth-order valence-electron chi connectivity index (χ4n) is 0.885. The van der Waals surface area contributed by atoms with Gasteiger partial charge in [0.15, 0.2) is 11.6 Å². The second-order valence-corrected chi connectivity index (χ2v) is 5.16. The Morgan fingerprint density at radius 1 is 1.57 bits per heavy atom. The quantitative estimate of drug-likeness (QED) is 0.834. The van der Waals surface area contributed by atoms with Gasteiger partial charge >= 0.3 is 0 Å². The number of anilines is 1. The van der Waals surface area contributed by atoms with E-state index in [0.717, 1.165) is 0 Å². The number of hydrogen-bond acceptors (Lipinski definition) is 3. The fraction of sp³-hybridized carbons (Fsp3) is 0.500. The van der Waals surface area contributed by atoms with E-state index in [9.17, 15) is 4.39 Å². The molecule has 0 aliphatic heterocycles. The molecule has 4 heteroatoms. The molecule has 1 rings (SSSR count). The number of pyridine rings is 1. The topological polar surface area (TPSA) is 24.9 Å². The summed E-state index contributed by atoms with van der Waals surface area (Å²) in [5, 5.41) is 3.00. The van der Waals surface area contributed by atoms with Crippen LogP contribution in [0.5, 0.6) is 0 Å². The summed E-state index contributed by atoms with van der Waals surface area (Å²) in [6.07, 6.45) is 3.62. The lowest BCUT2D eigenvalue weighted by Crippen LogP contribution is -2.26. The molecular formula is C10H15FN2S. The average molecular weight is 214 g/mol. The number of nitrogens with zero attached hydrogens (tertiary/aromatic N) is 1. The van der Waals surface area contributed by atoms with Crippen LogP contribution in [-0.2, 0) is 0 Å². The molecule has 0 atom stereocenters. The molecular weight excluding hydrogens is 199 g/mol. The normalized spacial score (nSPS) is 11.4. The molecule has 78 valence electrons. The third kappa shape index (κ3) is 3.18. The minimum Gasteiger partial charge on any atom is -0.366 e. The third-order valence-corrected chi connectivity index (χ3v) is 3.24. The maximum absolute atomic E-state index is 13.1. The van der Waals surface area contributed by atoms with Gasteiger partial charge in [-0.05, 0) is 32.2 Å². The van der Waals surface area contributed by atoms with Gasteiger partial charge in [-0.1, -0.05) is 0 Å². The van der Waals surface area contributed by atoms with Crippen molar-refractivity contribution in [2.24, 2.45) is 0 Å². The summed E-state index contributed by atoms with van der Waals surface area (Å²) in [5.41, 5.74) is 0. The van der Waals surface area contributed by atoms with Crippen molar-refractivity contribution in [3.8, 4) is 0 Å². The second-order valence-electron chi connectivity index (χ2n) is 3.65. The fourth-order valence-corrected chi connectivity index (χ4v) is 1.10. The molecule has 0 saturated heterocycles. The molecule has 0 saturated carbocycles. The summed E-state index contributed by atoms with van der Waals surface area (Å²) in [4.78, 5) is 3.92. The van der Waals surface area contributed by atoms with Crippen molar-refractivity contribution >= 4 is 17.6 Å². The van der Waals surface area contributed by atoms with E-state index in [1.54, 1.807) is 24.0 Å². The first-order valence-corrected chi connectivity index (χ1v) is 5.67. The van der Waals surface area contributed by atoms with Gasteiger partial charge in [0, 0.05) is 17.5 Å². The van der Waals surface area contributed by atoms with Crippen molar-refractivity contribution in [1.29, 1.82) is 0 Å². The summed E-state index contributed by atoms with van der Waals surface area (Å²) < 4.78 is 13.2. The van der Waals surface area contributed by atoms with E-state index in [4.69, 9.17) is 0 Å². The summed E-state index contributed by atoms with van der Waals surface area (Å²) in [6, 6.07) is 2.99. The van der Waals surface area contributed by atoms with Crippen LogP contribution in [0.1, 0.15) is 13.8 Å². The molecule has 0 fully saturated rings. The second kappa shape index (κ2) is 4.64. The molecule has 14 heavy (non-hydrogen) atoms. The van der Waals surface area contributed by atoms with Gasteiger partial charge in [-0.15, -0.1) is 0 Å². The number of hydrogen-bond donors (Lipinski definition) is 1. The Morgan fingerprint density at radius 3 is 2.86 bits per heavy atom. The molecule has 0 aromatic carbocycles. The van der Waals surface area contributed by atoms with Crippen molar-refractivity contribution in [3.05, 3.63) is 24.1 Å². The number of nitrogens with one attached hydrogen (secondary N) is 1. The predicted octanol–water partition coefficient (Wildman–Crippen LogP) is 2.77. The van der Waals surface area contributed by atoms with Crippen LogP contribution in [-0.4, -0.2) is 22.5 Å². The summed E-state index contributed by atoms with van der Waals surface area (Å²) in [6.45, 7) is 4.90. The average Bonchev–Trinajstić information content (AvgIpc) is 2.17. The minimum absolute atomic E-state index is 0.0873. The van der Waals surface area contributed by atoms with Crippen molar-refractivity contribution in [2.45, 2.75) is 18.6 Å². The molecule has 1 aromatic rings. The number of halogens is 1. The van der Waals surface area contributed by atoms with E-state index >= 15 is 0 Å². The Hall–Kier alpha value is -0.770. The van der Waals surface area contributed by atoms with Gasteiger partial charge in [-0.3, -0.25) is 0 Å². The lowest BCUT2D eigenvalue weighted by molar-refractivity contribution is 0.621. The Labute approximate surface area is 88.3 Å². The molecule has 2 nitrogen and oxygen atoms in total. The molecule has 1 N–H and O–H groups in total. The highest BCUT2D eigenvalue weighted by Gasteiger charge is 2.16. The molecule has 0 aliphatic carbocycles. The standard InChI is InChI=1S/C10H15FN2S/c1-10(2,14-3)7-13-9-8(11)5-4-6-12-9/h4-6H,7H2,1-3H3,(H,12,13). The maximum atomic E-state index is 13.1. The van der Waals surface area contributed by atoms with Gasteiger partial charge in [0.2, 0.25) is 0 Å². The minimum atomic E-state index is -0.301. The number of aromatic nitrogens is 1. The zero-order chi connectivity index (χ0) is 10.6. The van der Waals surface area contributed by atoms with Gasteiger partial charge in [-0.2, -0.15) is 11.8 Å². The van der Waals surface area contributed by atoms with E-state index in [-0.39, 0.29) is 10.6 Å². The summed E-state index contributed by atoms with van der Waals surface area (Å²) in [5.74, 6) is 0.0269. The Kier molecular flexibility index (Phi) is 3.75. The van der Waals surface area contributed by atoms with E-state index in [0.29, 0.717) is 12.4 Å². The molecule has 0 amide bonds. The van der Waals surface area contributed by atoms with Crippen molar-refractivity contribution in [1.82, 2.24) is 4.98 Å². The summed E-state index contributed by atoms with van der Waals surface area (Å²) >= 11 is 1.74. The first-order chi connectivity index (χ1) is 6.55. The van der Waals surface area contributed by atoms with Crippen molar-refractivity contribution in [2.75, 3.05) is 18.1 Å². The van der Waals surface area contributed by atoms with E-state index in [1.165, 1.54) is 6.07 Å². The molecule has 0 unspecified atom stereocenters. The van der Waals surface area contributed by atoms with Crippen LogP contribution >= 0.6 is 11.8 Å². The Morgan fingerprint density at radius 2 is 2.29 bits per heavy atom. The molecule has 1 heterocycles. The smallest absolute Gasteiger partial charge is 0.165 e. The van der Waals surface area contributed by atoms with E-state index < -0.39 is 0 Å². The van der Waals surface area contributed by atoms with Gasteiger partial charge < -0.3 is 5.32 Å². The van der Waals surface area contributed by atoms with Crippen molar-refractivity contribution in [3.63, 3.8) is 0 Å². The SMILES string of the molecule is CSC(C)(C)CNc1ncccc1F. The number of thioether (sulfide) groups is 1. The van der Waals surface area contributed by atoms with E-state index in [1.807, 2.05) is 6.26 Å². The molecule has 0 aliphatic rings. The first-order valence-electron chi connectivity index (χ1n) is 4.45. The largest absolute Gasteiger partial charge is 0.366 e. The van der Waals surface area contributed by atoms with Gasteiger partial charge in [0.1, 0.15) is 0 Å². The van der Waals surface area contributed by atoms with Gasteiger partial charge in [0.05, 0.1) is 0 Å². The number of rotatable bonds is 4. The highest BCUT2D eigenvalue weighted by molar-refractivity contribution is 7.99. The van der Waals surface area contributed by atoms with Crippen LogP contribution in [0, 0.1) is 5.82 Å². The molecule has 0 bridgehead atoms. The van der Waals surface area contributed by atoms with Crippen LogP contribution in [0.15, 0.2) is 18.3 Å². The maximum Gasteiger partial charge on any atom is 0.165 e. The highest BCUT2D eigenvalue weighted by atomic mass is 32.2. The van der Waals surface area contributed by atoms with Crippen LogP contribution in [0.2, 0.25) is 0 Å². The third-order valence-electron chi connectivity index (χ3n) is 1.99. The zero-order valence-electron chi connectivity index (χ0n) is 8.67. The lowest BCUT2D eigenvalue weighted by atomic mass is 10.2.